The van der Waals surface area contributed by atoms with Crippen LogP contribution in [0.3, 0.4) is 0 Å². The van der Waals surface area contributed by atoms with Crippen LogP contribution in [0.15, 0.2) is 23.3 Å². The molecule has 1 saturated carbocycles. The predicted octanol–water partition coefficient (Wildman–Crippen LogP) is 3.23. The van der Waals surface area contributed by atoms with E-state index in [9.17, 15) is 4.79 Å². The zero-order valence-electron chi connectivity index (χ0n) is 19.1. The second-order valence-corrected chi connectivity index (χ2v) is 10.7. The molecule has 1 aromatic heterocycles. The van der Waals surface area contributed by atoms with Crippen LogP contribution in [0.25, 0.3) is 0 Å². The Labute approximate surface area is 213 Å². The van der Waals surface area contributed by atoms with E-state index in [1.54, 1.807) is 0 Å². The van der Waals surface area contributed by atoms with Crippen molar-refractivity contribution in [2.75, 3.05) is 43.9 Å². The van der Waals surface area contributed by atoms with E-state index in [4.69, 9.17) is 5.73 Å². The number of thioether (sulfide) groups is 1. The van der Waals surface area contributed by atoms with Gasteiger partial charge in [0, 0.05) is 62.0 Å². The molecule has 1 amide bonds. The van der Waals surface area contributed by atoms with E-state index in [1.807, 2.05) is 19.3 Å². The van der Waals surface area contributed by atoms with Crippen LogP contribution in [0, 0.1) is 5.92 Å². The second kappa shape index (κ2) is 11.8. The highest BCUT2D eigenvalue weighted by Gasteiger charge is 2.38. The van der Waals surface area contributed by atoms with Crippen LogP contribution in [0.4, 0.5) is 5.82 Å². The molecule has 0 bridgehead atoms. The molecule has 0 aromatic carbocycles. The lowest BCUT2D eigenvalue weighted by atomic mass is 9.87. The summed E-state index contributed by atoms with van der Waals surface area (Å²) in [4.78, 5) is 25.6. The number of pyridine rings is 1. The summed E-state index contributed by atoms with van der Waals surface area (Å²) in [5.74, 6) is 2.80. The number of guanidine groups is 1. The number of rotatable bonds is 4. The van der Waals surface area contributed by atoms with Crippen LogP contribution < -0.4 is 16.0 Å². The van der Waals surface area contributed by atoms with Crippen molar-refractivity contribution in [3.8, 4) is 0 Å². The van der Waals surface area contributed by atoms with Crippen LogP contribution in [0.2, 0.25) is 0 Å². The summed E-state index contributed by atoms with van der Waals surface area (Å²) in [6.07, 6.45) is 10.4. The molecule has 1 atom stereocenters. The van der Waals surface area contributed by atoms with Crippen molar-refractivity contribution in [1.29, 1.82) is 0 Å². The van der Waals surface area contributed by atoms with E-state index < -0.39 is 0 Å². The number of carbonyl (C=O) groups is 1. The fourth-order valence-corrected chi connectivity index (χ4v) is 6.85. The number of aliphatic imine (C=N–C) groups is 1. The zero-order chi connectivity index (χ0) is 21.7. The van der Waals surface area contributed by atoms with Crippen LogP contribution in [0.5, 0.6) is 0 Å². The number of nitrogens with zero attached hydrogens (tertiary/aromatic N) is 4. The third-order valence-electron chi connectivity index (χ3n) is 6.95. The quantitative estimate of drug-likeness (QED) is 0.328. The number of aromatic nitrogens is 1. The molecule has 1 spiro atoms. The molecule has 7 nitrogen and oxygen atoms in total. The van der Waals surface area contributed by atoms with Gasteiger partial charge in [0.1, 0.15) is 5.82 Å². The SMILES string of the molecule is CN=C(NCc1cccnc1N1CCCC(C(N)=O)C1)N1CCSC2(CCCCC2)C1.I. The number of halogens is 1. The van der Waals surface area contributed by atoms with Gasteiger partial charge < -0.3 is 20.9 Å². The maximum absolute atomic E-state index is 11.7. The van der Waals surface area contributed by atoms with Gasteiger partial charge in [0.05, 0.1) is 5.92 Å². The molecular weight excluding hydrogens is 535 g/mol. The van der Waals surface area contributed by atoms with E-state index in [0.717, 1.165) is 49.8 Å². The Morgan fingerprint density at radius 1 is 1.31 bits per heavy atom. The standard InChI is InChI=1S/C23H36N6OS.HI/c1-25-22(29-13-14-31-23(17-29)9-3-2-4-10-23)27-15-18-7-5-11-26-21(18)28-12-6-8-19(16-28)20(24)30;/h5,7,11,19H,2-4,6,8-10,12-17H2,1H3,(H2,24,30)(H,25,27);1H. The van der Waals surface area contributed by atoms with E-state index in [0.29, 0.717) is 17.8 Å². The van der Waals surface area contributed by atoms with Crippen molar-refractivity contribution in [1.82, 2.24) is 15.2 Å². The Morgan fingerprint density at radius 3 is 2.88 bits per heavy atom. The minimum absolute atomic E-state index is 0. The minimum atomic E-state index is -0.208. The molecule has 0 radical (unpaired) electrons. The van der Waals surface area contributed by atoms with Gasteiger partial charge in [-0.2, -0.15) is 11.8 Å². The van der Waals surface area contributed by atoms with Gasteiger partial charge in [0.15, 0.2) is 5.96 Å². The molecule has 1 unspecified atom stereocenters. The number of hydrogen-bond donors (Lipinski definition) is 2. The highest BCUT2D eigenvalue weighted by atomic mass is 127. The van der Waals surface area contributed by atoms with E-state index in [-0.39, 0.29) is 35.8 Å². The molecule has 178 valence electrons. The fraction of sp³-hybridized carbons (Fsp3) is 0.696. The van der Waals surface area contributed by atoms with Gasteiger partial charge in [-0.25, -0.2) is 4.98 Å². The van der Waals surface area contributed by atoms with Crippen LogP contribution in [-0.4, -0.2) is 65.5 Å². The molecule has 4 rings (SSSR count). The largest absolute Gasteiger partial charge is 0.369 e. The van der Waals surface area contributed by atoms with Crippen molar-refractivity contribution < 1.29 is 4.79 Å². The lowest BCUT2D eigenvalue weighted by molar-refractivity contribution is -0.122. The number of primary amides is 1. The maximum Gasteiger partial charge on any atom is 0.222 e. The maximum atomic E-state index is 11.7. The highest BCUT2D eigenvalue weighted by Crippen LogP contribution is 2.42. The van der Waals surface area contributed by atoms with Gasteiger partial charge in [-0.05, 0) is 31.7 Å². The van der Waals surface area contributed by atoms with Crippen molar-refractivity contribution in [2.24, 2.45) is 16.6 Å². The molecule has 1 aliphatic carbocycles. The van der Waals surface area contributed by atoms with Gasteiger partial charge in [0.25, 0.3) is 0 Å². The average molecular weight is 573 g/mol. The molecule has 3 N–H and O–H groups in total. The van der Waals surface area contributed by atoms with Crippen molar-refractivity contribution in [3.63, 3.8) is 0 Å². The predicted molar refractivity (Wildman–Crippen MR) is 144 cm³/mol. The summed E-state index contributed by atoms with van der Waals surface area (Å²) in [6, 6.07) is 4.10. The second-order valence-electron chi connectivity index (χ2n) is 9.09. The Balaban J connectivity index is 0.00000289. The summed E-state index contributed by atoms with van der Waals surface area (Å²) in [6.45, 7) is 4.36. The normalized spacial score (nSPS) is 23.5. The Bertz CT molecular complexity index is 795. The molecule has 1 aromatic rings. The average Bonchev–Trinajstić information content (AvgIpc) is 2.80. The van der Waals surface area contributed by atoms with Gasteiger partial charge in [-0.3, -0.25) is 9.79 Å². The summed E-state index contributed by atoms with van der Waals surface area (Å²) >= 11 is 2.18. The summed E-state index contributed by atoms with van der Waals surface area (Å²) in [7, 11) is 1.88. The smallest absolute Gasteiger partial charge is 0.222 e. The molecule has 3 aliphatic rings. The first-order chi connectivity index (χ1) is 15.1. The molecule has 3 fully saturated rings. The highest BCUT2D eigenvalue weighted by molar-refractivity contribution is 14.0. The third-order valence-corrected chi connectivity index (χ3v) is 8.49. The Kier molecular flexibility index (Phi) is 9.33. The Hall–Kier alpha value is -1.23. The fourth-order valence-electron chi connectivity index (χ4n) is 5.29. The van der Waals surface area contributed by atoms with Crippen LogP contribution in [-0.2, 0) is 11.3 Å². The number of amides is 1. The summed E-state index contributed by atoms with van der Waals surface area (Å²) in [5.41, 5.74) is 6.71. The number of carbonyl (C=O) groups excluding carboxylic acids is 1. The topological polar surface area (TPSA) is 86.9 Å². The number of piperidine rings is 1. The molecule has 9 heteroatoms. The Morgan fingerprint density at radius 2 is 2.12 bits per heavy atom. The van der Waals surface area contributed by atoms with Gasteiger partial charge in [0.2, 0.25) is 5.91 Å². The molecule has 32 heavy (non-hydrogen) atoms. The molecule has 2 aliphatic heterocycles. The van der Waals surface area contributed by atoms with Crippen LogP contribution in [0.1, 0.15) is 50.5 Å². The minimum Gasteiger partial charge on any atom is -0.369 e. The monoisotopic (exact) mass is 572 g/mol. The number of hydrogen-bond acceptors (Lipinski definition) is 5. The number of nitrogens with two attached hydrogens (primary N) is 1. The number of anilines is 1. The molecular formula is C23H37IN6OS. The van der Waals surface area contributed by atoms with Crippen LogP contribution >= 0.6 is 35.7 Å². The lowest BCUT2D eigenvalue weighted by Crippen LogP contribution is -2.53. The van der Waals surface area contributed by atoms with Gasteiger partial charge >= 0.3 is 0 Å². The van der Waals surface area contributed by atoms with E-state index in [1.165, 1.54) is 37.9 Å². The molecule has 3 heterocycles. The first kappa shape index (κ1) is 25.4. The van der Waals surface area contributed by atoms with Gasteiger partial charge in [-0.1, -0.05) is 25.3 Å². The van der Waals surface area contributed by atoms with Gasteiger partial charge in [-0.15, -0.1) is 24.0 Å². The number of nitrogens with one attached hydrogen (secondary N) is 1. The van der Waals surface area contributed by atoms with Crippen molar-refractivity contribution in [3.05, 3.63) is 23.9 Å². The zero-order valence-corrected chi connectivity index (χ0v) is 22.2. The summed E-state index contributed by atoms with van der Waals surface area (Å²) in [5, 5.41) is 3.60. The summed E-state index contributed by atoms with van der Waals surface area (Å²) < 4.78 is 0.408. The first-order valence-electron chi connectivity index (χ1n) is 11.7. The van der Waals surface area contributed by atoms with Crippen molar-refractivity contribution >= 4 is 53.4 Å². The van der Waals surface area contributed by atoms with E-state index in [2.05, 4.69) is 42.9 Å². The van der Waals surface area contributed by atoms with Crippen molar-refractivity contribution in [2.45, 2.75) is 56.2 Å². The first-order valence-corrected chi connectivity index (χ1v) is 12.7. The molecule has 2 saturated heterocycles. The van der Waals surface area contributed by atoms with E-state index >= 15 is 0 Å². The lowest BCUT2D eigenvalue weighted by Gasteiger charge is -2.45. The third kappa shape index (κ3) is 6.01.